The van der Waals surface area contributed by atoms with Gasteiger partial charge in [-0.15, -0.1) is 0 Å². The quantitative estimate of drug-likeness (QED) is 0.195. The highest BCUT2D eigenvalue weighted by Gasteiger charge is 2.31. The Morgan fingerprint density at radius 3 is 2.24 bits per heavy atom. The van der Waals surface area contributed by atoms with Crippen molar-refractivity contribution in [3.63, 3.8) is 0 Å². The minimum atomic E-state index is -3.77. The molecule has 2 aliphatic heterocycles. The van der Waals surface area contributed by atoms with Crippen molar-refractivity contribution in [2.75, 3.05) is 62.3 Å². The molecule has 224 valence electrons. The van der Waals surface area contributed by atoms with Crippen molar-refractivity contribution in [3.05, 3.63) is 52.1 Å². The Balaban J connectivity index is 1.76. The van der Waals surface area contributed by atoms with Gasteiger partial charge in [-0.3, -0.25) is 15.1 Å². The molecule has 2 aliphatic rings. The molecule has 0 amide bonds. The van der Waals surface area contributed by atoms with Crippen LogP contribution >= 0.6 is 0 Å². The summed E-state index contributed by atoms with van der Waals surface area (Å²) in [5.74, 6) is 0.785. The van der Waals surface area contributed by atoms with E-state index in [0.717, 1.165) is 51.1 Å². The van der Waals surface area contributed by atoms with Crippen LogP contribution in [0.25, 0.3) is 0 Å². The van der Waals surface area contributed by atoms with Gasteiger partial charge in [0.2, 0.25) is 10.0 Å². The van der Waals surface area contributed by atoms with Gasteiger partial charge in [-0.2, -0.15) is 4.31 Å². The van der Waals surface area contributed by atoms with Crippen molar-refractivity contribution in [1.29, 1.82) is 0 Å². The van der Waals surface area contributed by atoms with Gasteiger partial charge in [0, 0.05) is 68.9 Å². The zero-order valence-corrected chi connectivity index (χ0v) is 25.5. The second-order valence-electron chi connectivity index (χ2n) is 11.7. The van der Waals surface area contributed by atoms with Crippen molar-refractivity contribution in [2.24, 2.45) is 16.8 Å². The minimum absolute atomic E-state index is 0.0136. The van der Waals surface area contributed by atoms with E-state index < -0.39 is 14.9 Å². The molecule has 2 saturated heterocycles. The number of benzene rings is 2. The highest BCUT2D eigenvalue weighted by molar-refractivity contribution is 7.89. The number of anilines is 2. The molecule has 11 heteroatoms. The number of ether oxygens (including phenoxy) is 1. The van der Waals surface area contributed by atoms with Crippen molar-refractivity contribution < 1.29 is 18.1 Å². The normalized spacial score (nSPS) is 17.1. The van der Waals surface area contributed by atoms with E-state index in [1.807, 2.05) is 12.1 Å². The summed E-state index contributed by atoms with van der Waals surface area (Å²) in [4.78, 5) is 20.5. The largest absolute Gasteiger partial charge is 0.379 e. The van der Waals surface area contributed by atoms with E-state index in [4.69, 9.17) is 4.74 Å². The van der Waals surface area contributed by atoms with Gasteiger partial charge in [0.15, 0.2) is 0 Å². The summed E-state index contributed by atoms with van der Waals surface area (Å²) < 4.78 is 34.6. The molecule has 0 aromatic heterocycles. The lowest BCUT2D eigenvalue weighted by atomic mass is 10.1. The maximum atomic E-state index is 13.9. The first-order valence-corrected chi connectivity index (χ1v) is 16.0. The molecule has 0 saturated carbocycles. The van der Waals surface area contributed by atoms with Gasteiger partial charge >= 0.3 is 0 Å². The summed E-state index contributed by atoms with van der Waals surface area (Å²) in [5.41, 5.74) is 2.66. The van der Waals surface area contributed by atoms with Crippen molar-refractivity contribution in [2.45, 2.75) is 51.9 Å². The highest BCUT2D eigenvalue weighted by Crippen LogP contribution is 2.34. The number of piperidine rings is 1. The first-order chi connectivity index (χ1) is 19.6. The van der Waals surface area contributed by atoms with Gasteiger partial charge in [0.1, 0.15) is 4.90 Å². The maximum Gasteiger partial charge on any atom is 0.270 e. The predicted molar refractivity (Wildman–Crippen MR) is 164 cm³/mol. The van der Waals surface area contributed by atoms with Gasteiger partial charge in [-0.05, 0) is 55.4 Å². The van der Waals surface area contributed by atoms with Crippen LogP contribution in [0.15, 0.2) is 46.3 Å². The summed E-state index contributed by atoms with van der Waals surface area (Å²) in [6.45, 7) is 13.2. The zero-order valence-electron chi connectivity index (χ0n) is 24.7. The van der Waals surface area contributed by atoms with E-state index in [-0.39, 0.29) is 10.6 Å². The Kier molecular flexibility index (Phi) is 10.4. The second-order valence-corrected chi connectivity index (χ2v) is 13.6. The SMILES string of the molecule is CC(C)CN(CC(C)C)c1ccc([N+](=O)[O-])cc1C=Nc1ccc(N2CCCCC2)c(S(=O)(=O)N2CCOCC2)c1. The number of nitro benzene ring substituents is 1. The van der Waals surface area contributed by atoms with Crippen LogP contribution in [-0.4, -0.2) is 76.3 Å². The molecule has 2 aromatic rings. The summed E-state index contributed by atoms with van der Waals surface area (Å²) in [6, 6.07) is 10.2. The minimum Gasteiger partial charge on any atom is -0.379 e. The molecule has 0 bridgehead atoms. The lowest BCUT2D eigenvalue weighted by Gasteiger charge is -2.32. The molecule has 0 radical (unpaired) electrons. The Bertz CT molecular complexity index is 1320. The molecule has 2 aromatic carbocycles. The first kappa shape index (κ1) is 30.9. The van der Waals surface area contributed by atoms with Crippen LogP contribution in [0, 0.1) is 22.0 Å². The van der Waals surface area contributed by atoms with Crippen LogP contribution in [0.4, 0.5) is 22.7 Å². The number of hydrogen-bond acceptors (Lipinski definition) is 8. The molecule has 0 spiro atoms. The number of hydrogen-bond donors (Lipinski definition) is 0. The highest BCUT2D eigenvalue weighted by atomic mass is 32.2. The van der Waals surface area contributed by atoms with E-state index in [2.05, 4.69) is 42.5 Å². The maximum absolute atomic E-state index is 13.9. The van der Waals surface area contributed by atoms with E-state index in [9.17, 15) is 18.5 Å². The average molecular weight is 586 g/mol. The summed E-state index contributed by atoms with van der Waals surface area (Å²) >= 11 is 0. The van der Waals surface area contributed by atoms with Crippen LogP contribution in [-0.2, 0) is 14.8 Å². The third kappa shape index (κ3) is 7.84. The van der Waals surface area contributed by atoms with Gasteiger partial charge in [0.05, 0.1) is 29.5 Å². The molecule has 10 nitrogen and oxygen atoms in total. The van der Waals surface area contributed by atoms with Crippen molar-refractivity contribution in [3.8, 4) is 0 Å². The molecule has 0 aliphatic carbocycles. The number of sulfonamides is 1. The summed E-state index contributed by atoms with van der Waals surface area (Å²) in [7, 11) is -3.77. The molecule has 2 heterocycles. The molecule has 0 N–H and O–H groups in total. The summed E-state index contributed by atoms with van der Waals surface area (Å²) in [5, 5.41) is 11.6. The van der Waals surface area contributed by atoms with Gasteiger partial charge in [-0.25, -0.2) is 8.42 Å². The Hall–Kier alpha value is -3.02. The van der Waals surface area contributed by atoms with E-state index in [1.54, 1.807) is 24.4 Å². The lowest BCUT2D eigenvalue weighted by Crippen LogP contribution is -2.41. The van der Waals surface area contributed by atoms with Crippen LogP contribution in [0.3, 0.4) is 0 Å². The number of morpholine rings is 1. The Morgan fingerprint density at radius 1 is 0.976 bits per heavy atom. The molecule has 4 rings (SSSR count). The van der Waals surface area contributed by atoms with Gasteiger partial charge in [-0.1, -0.05) is 27.7 Å². The van der Waals surface area contributed by atoms with E-state index >= 15 is 0 Å². The van der Waals surface area contributed by atoms with Crippen molar-refractivity contribution in [1.82, 2.24) is 4.31 Å². The molecule has 0 atom stereocenters. The fraction of sp³-hybridized carbons (Fsp3) is 0.567. The molecule has 2 fully saturated rings. The van der Waals surface area contributed by atoms with Gasteiger partial charge < -0.3 is 14.5 Å². The van der Waals surface area contributed by atoms with E-state index in [0.29, 0.717) is 55.1 Å². The number of non-ortho nitro benzene ring substituents is 1. The van der Waals surface area contributed by atoms with Crippen molar-refractivity contribution >= 4 is 39.0 Å². The van der Waals surface area contributed by atoms with Crippen LogP contribution in [0.1, 0.15) is 52.5 Å². The van der Waals surface area contributed by atoms with Gasteiger partial charge in [0.25, 0.3) is 5.69 Å². The topological polar surface area (TPSA) is 109 Å². The number of aliphatic imine (C=N–C) groups is 1. The van der Waals surface area contributed by atoms with E-state index in [1.165, 1.54) is 10.4 Å². The third-order valence-electron chi connectivity index (χ3n) is 7.31. The fourth-order valence-electron chi connectivity index (χ4n) is 5.46. The smallest absolute Gasteiger partial charge is 0.270 e. The lowest BCUT2D eigenvalue weighted by molar-refractivity contribution is -0.384. The predicted octanol–water partition coefficient (Wildman–Crippen LogP) is 5.48. The number of nitro groups is 1. The zero-order chi connectivity index (χ0) is 29.6. The second kappa shape index (κ2) is 13.8. The first-order valence-electron chi connectivity index (χ1n) is 14.6. The standard InChI is InChI=1S/C30H43N5O5S/c1-23(2)21-33(22-24(3)4)28-11-9-27(35(36)37)18-25(28)20-31-26-8-10-29(32-12-6-5-7-13-32)30(19-26)41(38,39)34-14-16-40-17-15-34/h8-11,18-20,23-24H,5-7,12-17,21-22H2,1-4H3. The monoisotopic (exact) mass is 585 g/mol. The molecular weight excluding hydrogens is 542 g/mol. The Morgan fingerprint density at radius 2 is 1.63 bits per heavy atom. The van der Waals surface area contributed by atoms with Crippen LogP contribution in [0.5, 0.6) is 0 Å². The number of rotatable bonds is 11. The summed E-state index contributed by atoms with van der Waals surface area (Å²) in [6.07, 6.45) is 4.81. The Labute approximate surface area is 244 Å². The number of nitrogens with zero attached hydrogens (tertiary/aromatic N) is 5. The molecule has 41 heavy (non-hydrogen) atoms. The average Bonchev–Trinajstić information content (AvgIpc) is 2.96. The molecular formula is C30H43N5O5S. The van der Waals surface area contributed by atoms with Crippen LogP contribution < -0.4 is 9.80 Å². The third-order valence-corrected chi connectivity index (χ3v) is 9.24. The van der Waals surface area contributed by atoms with Crippen LogP contribution in [0.2, 0.25) is 0 Å². The molecule has 0 unspecified atom stereocenters. The fourth-order valence-corrected chi connectivity index (χ4v) is 7.09.